The normalized spacial score (nSPS) is 34.4. The number of rotatable bonds is 9. The molecule has 3 fully saturated rings. The number of carbonyl (C=O) groups excluding carboxylic acids is 3. The predicted octanol–water partition coefficient (Wildman–Crippen LogP) is 4.02. The number of amides is 3. The lowest BCUT2D eigenvalue weighted by Crippen LogP contribution is -2.58. The number of nitrogens with one attached hydrogen (secondary N) is 2. The molecular weight excluding hydrogens is 528 g/mol. The molecule has 8 atom stereocenters. The van der Waals surface area contributed by atoms with Crippen LogP contribution in [0.5, 0.6) is 0 Å². The van der Waals surface area contributed by atoms with Crippen molar-refractivity contribution in [1.82, 2.24) is 15.1 Å². The van der Waals surface area contributed by atoms with E-state index in [0.29, 0.717) is 35.6 Å². The van der Waals surface area contributed by atoms with Gasteiger partial charge in [-0.2, -0.15) is 0 Å². The lowest BCUT2D eigenvalue weighted by molar-refractivity contribution is -0.141. The van der Waals surface area contributed by atoms with Crippen molar-refractivity contribution in [2.24, 2.45) is 23.7 Å². The summed E-state index contributed by atoms with van der Waals surface area (Å²) in [5.74, 6) is -1.30. The molecule has 1 aliphatic carbocycles. The largest absolute Gasteiger partial charge is 0.359 e. The van der Waals surface area contributed by atoms with Gasteiger partial charge in [0.15, 0.2) is 0 Å². The highest BCUT2D eigenvalue weighted by Crippen LogP contribution is 2.55. The van der Waals surface area contributed by atoms with Crippen molar-refractivity contribution in [2.75, 3.05) is 31.5 Å². The number of anilines is 1. The molecule has 1 spiro atoms. The molecule has 3 heterocycles. The van der Waals surface area contributed by atoms with E-state index in [9.17, 15) is 14.4 Å². The average Bonchev–Trinajstić information content (AvgIpc) is 3.57. The van der Waals surface area contributed by atoms with Crippen molar-refractivity contribution in [1.29, 1.82) is 0 Å². The van der Waals surface area contributed by atoms with Crippen molar-refractivity contribution in [3.05, 3.63) is 40.9 Å². The number of aryl methyl sites for hydroxylation is 1. The number of hydrogen-bond donors (Lipinski definition) is 2. The summed E-state index contributed by atoms with van der Waals surface area (Å²) < 4.78 is 6.49. The molecule has 0 unspecified atom stereocenters. The highest BCUT2D eigenvalue weighted by atomic mass is 35.5. The van der Waals surface area contributed by atoms with E-state index in [1.807, 2.05) is 25.1 Å². The molecule has 0 radical (unpaired) electrons. The third-order valence-electron chi connectivity index (χ3n) is 9.95. The Hall–Kier alpha value is -2.42. The van der Waals surface area contributed by atoms with E-state index in [-0.39, 0.29) is 23.8 Å². The summed E-state index contributed by atoms with van der Waals surface area (Å²) in [6.07, 6.45) is 6.33. The van der Waals surface area contributed by atoms with Gasteiger partial charge in [-0.3, -0.25) is 14.4 Å². The molecule has 2 saturated heterocycles. The highest BCUT2D eigenvalue weighted by Gasteiger charge is 2.72. The third kappa shape index (κ3) is 4.96. The number of nitrogens with zero attached hydrogens (tertiary/aromatic N) is 2. The van der Waals surface area contributed by atoms with E-state index < -0.39 is 29.6 Å². The number of ether oxygens (including phenoxy) is 1. The number of halogens is 1. The van der Waals surface area contributed by atoms with Crippen LogP contribution in [0.3, 0.4) is 0 Å². The fraction of sp³-hybridized carbons (Fsp3) is 0.645. The van der Waals surface area contributed by atoms with Crippen molar-refractivity contribution in [2.45, 2.75) is 77.7 Å². The van der Waals surface area contributed by atoms with Crippen LogP contribution in [0.2, 0.25) is 5.02 Å². The second kappa shape index (κ2) is 11.5. The van der Waals surface area contributed by atoms with Crippen LogP contribution < -0.4 is 10.6 Å². The van der Waals surface area contributed by atoms with E-state index in [1.54, 1.807) is 17.0 Å². The van der Waals surface area contributed by atoms with Gasteiger partial charge in [-0.15, -0.1) is 0 Å². The van der Waals surface area contributed by atoms with Crippen LogP contribution in [-0.4, -0.2) is 77.5 Å². The maximum Gasteiger partial charge on any atom is 0.246 e. The summed E-state index contributed by atoms with van der Waals surface area (Å²) in [4.78, 5) is 45.9. The molecule has 3 aliphatic heterocycles. The van der Waals surface area contributed by atoms with Gasteiger partial charge in [0.2, 0.25) is 17.7 Å². The highest BCUT2D eigenvalue weighted by molar-refractivity contribution is 6.31. The molecule has 40 heavy (non-hydrogen) atoms. The van der Waals surface area contributed by atoms with Crippen LogP contribution in [0.25, 0.3) is 0 Å². The van der Waals surface area contributed by atoms with Gasteiger partial charge >= 0.3 is 0 Å². The summed E-state index contributed by atoms with van der Waals surface area (Å²) in [5, 5.41) is 6.83. The maximum atomic E-state index is 14.2. The Morgan fingerprint density at radius 2 is 1.93 bits per heavy atom. The van der Waals surface area contributed by atoms with Gasteiger partial charge in [-0.05, 0) is 56.0 Å². The Labute approximate surface area is 242 Å². The van der Waals surface area contributed by atoms with Crippen LogP contribution >= 0.6 is 11.6 Å². The molecule has 2 N–H and O–H groups in total. The number of fused-ring (bicyclic) bond motifs is 1. The second-order valence-corrected chi connectivity index (χ2v) is 12.5. The monoisotopic (exact) mass is 570 g/mol. The van der Waals surface area contributed by atoms with Gasteiger partial charge in [0.25, 0.3) is 0 Å². The van der Waals surface area contributed by atoms with Crippen LogP contribution in [0.1, 0.15) is 52.5 Å². The molecule has 1 aromatic carbocycles. The minimum Gasteiger partial charge on any atom is -0.359 e. The zero-order valence-corrected chi connectivity index (χ0v) is 25.0. The van der Waals surface area contributed by atoms with Gasteiger partial charge in [0.05, 0.1) is 17.9 Å². The number of carbonyl (C=O) groups is 3. The van der Waals surface area contributed by atoms with Gasteiger partial charge < -0.3 is 25.2 Å². The molecule has 4 aliphatic rings. The topological polar surface area (TPSA) is 91.0 Å². The van der Waals surface area contributed by atoms with Crippen LogP contribution in [0.4, 0.5) is 5.69 Å². The summed E-state index contributed by atoms with van der Waals surface area (Å²) in [5.41, 5.74) is 0.320. The Morgan fingerprint density at radius 3 is 2.62 bits per heavy atom. The van der Waals surface area contributed by atoms with Crippen LogP contribution in [0, 0.1) is 30.6 Å². The van der Waals surface area contributed by atoms with Crippen LogP contribution in [0.15, 0.2) is 30.4 Å². The van der Waals surface area contributed by atoms with Gasteiger partial charge in [0.1, 0.15) is 11.6 Å². The molecule has 8 nitrogen and oxygen atoms in total. The van der Waals surface area contributed by atoms with E-state index in [2.05, 4.69) is 43.2 Å². The Kier molecular flexibility index (Phi) is 8.33. The molecule has 0 aromatic heterocycles. The van der Waals surface area contributed by atoms with Gasteiger partial charge in [-0.25, -0.2) is 0 Å². The average molecular weight is 571 g/mol. The van der Waals surface area contributed by atoms with Gasteiger partial charge in [0, 0.05) is 29.8 Å². The molecule has 5 rings (SSSR count). The van der Waals surface area contributed by atoms with Crippen molar-refractivity contribution in [3.8, 4) is 0 Å². The lowest BCUT2D eigenvalue weighted by Gasteiger charge is -2.38. The summed E-state index contributed by atoms with van der Waals surface area (Å²) >= 11 is 6.29. The number of likely N-dealkylation sites (tertiary alicyclic amines) is 1. The zero-order valence-electron chi connectivity index (χ0n) is 24.3. The first-order chi connectivity index (χ1) is 19.1. The smallest absolute Gasteiger partial charge is 0.246 e. The molecule has 218 valence electrons. The molecule has 1 aromatic rings. The first-order valence-electron chi connectivity index (χ1n) is 14.9. The number of hydrogen-bond acceptors (Lipinski definition) is 5. The summed E-state index contributed by atoms with van der Waals surface area (Å²) in [6.45, 7) is 13.3. The fourth-order valence-electron chi connectivity index (χ4n) is 7.24. The molecule has 2 bridgehead atoms. The molecule has 3 amide bonds. The fourth-order valence-corrected chi connectivity index (χ4v) is 7.42. The third-order valence-corrected chi connectivity index (χ3v) is 10.4. The Balaban J connectivity index is 1.43. The first kappa shape index (κ1) is 29.1. The van der Waals surface area contributed by atoms with E-state index >= 15 is 0 Å². The zero-order chi connectivity index (χ0) is 28.8. The number of benzene rings is 1. The summed E-state index contributed by atoms with van der Waals surface area (Å²) in [7, 11) is 0. The SMILES string of the molecule is CCN(CC)CCN1C(=O)[C@@H]2[C@H](C(=O)Nc3ccc(C)c(Cl)c3)[C@@H]3C=C[C@@]2(O3)[C@@H]1C(=O)N[C@@H]1CCC[C@H](C)[C@H]1C. The quantitative estimate of drug-likeness (QED) is 0.438. The summed E-state index contributed by atoms with van der Waals surface area (Å²) in [6, 6.07) is 4.59. The molecule has 9 heteroatoms. The maximum absolute atomic E-state index is 14.2. The molecule has 1 saturated carbocycles. The van der Waals surface area contributed by atoms with E-state index in [4.69, 9.17) is 16.3 Å². The van der Waals surface area contributed by atoms with Crippen molar-refractivity contribution >= 4 is 35.0 Å². The Morgan fingerprint density at radius 1 is 1.18 bits per heavy atom. The Bertz CT molecular complexity index is 1190. The van der Waals surface area contributed by atoms with E-state index in [0.717, 1.165) is 37.9 Å². The lowest BCUT2D eigenvalue weighted by atomic mass is 9.73. The van der Waals surface area contributed by atoms with Crippen molar-refractivity contribution in [3.63, 3.8) is 0 Å². The second-order valence-electron chi connectivity index (χ2n) is 12.1. The van der Waals surface area contributed by atoms with E-state index in [1.165, 1.54) is 0 Å². The predicted molar refractivity (Wildman–Crippen MR) is 156 cm³/mol. The molecular formula is C31H43ClN4O4. The standard InChI is InChI=1S/C31H43ClN4O4/c1-6-35(7-2)15-16-36-27(29(38)34-23-10-8-9-18(3)20(23)5)31-14-13-24(40-31)25(26(31)30(36)39)28(37)33-21-12-11-19(4)22(32)17-21/h11-14,17-18,20,23-27H,6-10,15-16H2,1-5H3,(H,33,37)(H,34,38)/t18-,20+,23+,24-,25+,26-,27-,31-/m0/s1. The van der Waals surface area contributed by atoms with Crippen LogP contribution in [-0.2, 0) is 19.1 Å². The van der Waals surface area contributed by atoms with Gasteiger partial charge in [-0.1, -0.05) is 70.4 Å². The minimum atomic E-state index is -1.16. The first-order valence-corrected chi connectivity index (χ1v) is 15.3. The number of likely N-dealkylation sites (N-methyl/N-ethyl adjacent to an activating group) is 1. The van der Waals surface area contributed by atoms with Crippen molar-refractivity contribution < 1.29 is 19.1 Å². The minimum absolute atomic E-state index is 0.0550.